The summed E-state index contributed by atoms with van der Waals surface area (Å²) in [5.74, 6) is 0.907. The maximum absolute atomic E-state index is 12.6. The van der Waals surface area contributed by atoms with Crippen LogP contribution in [0.4, 0.5) is 4.79 Å². The molecule has 2 N–H and O–H groups in total. The number of benzene rings is 2. The lowest BCUT2D eigenvalue weighted by molar-refractivity contribution is -0.129. The molecule has 146 valence electrons. The monoisotopic (exact) mass is 416 g/mol. The van der Waals surface area contributed by atoms with Crippen LogP contribution in [-0.4, -0.2) is 36.5 Å². The second-order valence-electron chi connectivity index (χ2n) is 5.96. The highest BCUT2D eigenvalue weighted by Gasteiger charge is 2.27. The minimum absolute atomic E-state index is 0.352. The molecule has 0 aromatic heterocycles. The maximum atomic E-state index is 12.6. The lowest BCUT2D eigenvalue weighted by Gasteiger charge is -2.18. The second kappa shape index (κ2) is 9.66. The molecule has 0 aliphatic carbocycles. The van der Waals surface area contributed by atoms with E-state index in [4.69, 9.17) is 4.74 Å². The van der Waals surface area contributed by atoms with E-state index in [-0.39, 0.29) is 0 Å². The van der Waals surface area contributed by atoms with Gasteiger partial charge in [-0.25, -0.2) is 9.59 Å². The summed E-state index contributed by atoms with van der Waals surface area (Å²) in [6.45, 7) is 0. The first-order chi connectivity index (χ1) is 13.6. The van der Waals surface area contributed by atoms with Gasteiger partial charge in [0.1, 0.15) is 0 Å². The zero-order valence-corrected chi connectivity index (χ0v) is 16.8. The van der Waals surface area contributed by atoms with Crippen LogP contribution in [0.25, 0.3) is 0 Å². The van der Waals surface area contributed by atoms with Gasteiger partial charge >= 0.3 is 12.0 Å². The molecule has 28 heavy (non-hydrogen) atoms. The van der Waals surface area contributed by atoms with E-state index in [0.717, 1.165) is 17.1 Å². The van der Waals surface area contributed by atoms with Crippen molar-refractivity contribution in [2.45, 2.75) is 10.7 Å². The fourth-order valence-corrected chi connectivity index (χ4v) is 5.50. The summed E-state index contributed by atoms with van der Waals surface area (Å²) < 4.78 is 5.84. The molecule has 1 aliphatic heterocycles. The van der Waals surface area contributed by atoms with Gasteiger partial charge in [0.05, 0.1) is 10.1 Å². The smallest absolute Gasteiger partial charge is 0.339 e. The van der Waals surface area contributed by atoms with Gasteiger partial charge in [0.15, 0.2) is 0 Å². The first-order valence-corrected chi connectivity index (χ1v) is 10.8. The number of urea groups is 1. The number of carbonyl (C=O) groups excluding carboxylic acids is 3. The normalized spacial score (nSPS) is 14.9. The summed E-state index contributed by atoms with van der Waals surface area (Å²) in [5.41, 5.74) is 1.99. The van der Waals surface area contributed by atoms with Gasteiger partial charge in [-0.15, -0.1) is 23.5 Å². The summed E-state index contributed by atoms with van der Waals surface area (Å²) in [6, 6.07) is 15.1. The number of nitrogens with one attached hydrogen (secondary N) is 2. The third kappa shape index (κ3) is 5.08. The molecule has 2 aromatic rings. The number of thioether (sulfide) groups is 2. The average molecular weight is 417 g/mol. The average Bonchev–Trinajstić information content (AvgIpc) is 3.27. The van der Waals surface area contributed by atoms with E-state index in [1.54, 1.807) is 42.5 Å². The van der Waals surface area contributed by atoms with Crippen LogP contribution in [0.3, 0.4) is 0 Å². The van der Waals surface area contributed by atoms with Crippen molar-refractivity contribution in [2.75, 3.05) is 18.6 Å². The highest BCUT2D eigenvalue weighted by molar-refractivity contribution is 8.19. The highest BCUT2D eigenvalue weighted by Crippen LogP contribution is 2.45. The molecule has 1 aliphatic rings. The van der Waals surface area contributed by atoms with Crippen LogP contribution in [-0.2, 0) is 9.53 Å². The van der Waals surface area contributed by atoms with Crippen LogP contribution < -0.4 is 10.6 Å². The first kappa shape index (κ1) is 20.3. The number of ether oxygens (including phenoxy) is 1. The molecule has 0 unspecified atom stereocenters. The topological polar surface area (TPSA) is 84.5 Å². The molecule has 6 nitrogen and oxygen atoms in total. The Morgan fingerprint density at radius 1 is 1.00 bits per heavy atom. The van der Waals surface area contributed by atoms with Crippen molar-refractivity contribution in [3.8, 4) is 0 Å². The van der Waals surface area contributed by atoms with E-state index in [9.17, 15) is 14.4 Å². The Morgan fingerprint density at radius 2 is 1.64 bits per heavy atom. The van der Waals surface area contributed by atoms with Crippen LogP contribution >= 0.6 is 23.5 Å². The zero-order valence-electron chi connectivity index (χ0n) is 15.2. The van der Waals surface area contributed by atoms with Gasteiger partial charge in [-0.1, -0.05) is 42.5 Å². The predicted octanol–water partition coefficient (Wildman–Crippen LogP) is 3.52. The van der Waals surface area contributed by atoms with Crippen molar-refractivity contribution < 1.29 is 19.1 Å². The molecule has 0 radical (unpaired) electrons. The van der Waals surface area contributed by atoms with E-state index in [0.29, 0.717) is 15.7 Å². The van der Waals surface area contributed by atoms with Gasteiger partial charge in [-0.3, -0.25) is 10.1 Å². The number of amides is 3. The zero-order chi connectivity index (χ0) is 19.9. The third-order valence-corrected chi connectivity index (χ3v) is 7.17. The number of esters is 1. The van der Waals surface area contributed by atoms with Gasteiger partial charge in [0.25, 0.3) is 5.91 Å². The van der Waals surface area contributed by atoms with E-state index in [1.807, 2.05) is 35.7 Å². The van der Waals surface area contributed by atoms with Crippen molar-refractivity contribution in [1.82, 2.24) is 10.6 Å². The number of hydrogen-bond acceptors (Lipinski definition) is 6. The molecule has 0 saturated carbocycles. The number of carbonyl (C=O) groups is 3. The van der Waals surface area contributed by atoms with Crippen LogP contribution in [0.1, 0.15) is 32.2 Å². The molecule has 1 heterocycles. The quantitative estimate of drug-likeness (QED) is 0.726. The summed E-state index contributed by atoms with van der Waals surface area (Å²) >= 11 is 3.77. The van der Waals surface area contributed by atoms with Crippen LogP contribution in [0.5, 0.6) is 0 Å². The third-order valence-electron chi connectivity index (χ3n) is 4.07. The Labute approximate surface area is 171 Å². The molecule has 3 amide bonds. The van der Waals surface area contributed by atoms with E-state index in [2.05, 4.69) is 10.6 Å². The fraction of sp³-hybridized carbons (Fsp3) is 0.250. The second-order valence-corrected chi connectivity index (χ2v) is 8.68. The Kier molecular flexibility index (Phi) is 7.00. The molecule has 1 atom stereocenters. The van der Waals surface area contributed by atoms with Crippen molar-refractivity contribution in [3.05, 3.63) is 71.3 Å². The lowest BCUT2D eigenvalue weighted by atomic mass is 10.1. The van der Waals surface area contributed by atoms with Crippen LogP contribution in [0.15, 0.2) is 54.6 Å². The minimum Gasteiger partial charge on any atom is -0.444 e. The predicted molar refractivity (Wildman–Crippen MR) is 111 cm³/mol. The molecule has 1 fully saturated rings. The SMILES string of the molecule is CNC(=O)NC(=O)[C@H](OC(=O)c1ccc(C2SCCS2)cc1)c1ccccc1. The Bertz CT molecular complexity index is 837. The highest BCUT2D eigenvalue weighted by atomic mass is 32.2. The molecule has 0 bridgehead atoms. The summed E-state index contributed by atoms with van der Waals surface area (Å²) in [4.78, 5) is 36.6. The summed E-state index contributed by atoms with van der Waals surface area (Å²) in [5, 5.41) is 4.46. The van der Waals surface area contributed by atoms with Crippen molar-refractivity contribution in [3.63, 3.8) is 0 Å². The Hall–Kier alpha value is -2.45. The Balaban J connectivity index is 1.75. The number of rotatable bonds is 5. The molecular weight excluding hydrogens is 396 g/mol. The van der Waals surface area contributed by atoms with Gasteiger partial charge in [-0.05, 0) is 17.7 Å². The maximum Gasteiger partial charge on any atom is 0.339 e. The molecule has 8 heteroatoms. The van der Waals surface area contributed by atoms with Gasteiger partial charge in [0, 0.05) is 24.1 Å². The van der Waals surface area contributed by atoms with Crippen LogP contribution in [0, 0.1) is 0 Å². The lowest BCUT2D eigenvalue weighted by Crippen LogP contribution is -2.41. The standard InChI is InChI=1S/C20H20N2O4S2/c1-21-20(25)22-17(23)16(13-5-3-2-4-6-13)26-18(24)14-7-9-15(10-8-14)19-27-11-12-28-19/h2-10,16,19H,11-12H2,1H3,(H2,21,22,23,25)/t16-/m1/s1. The van der Waals surface area contributed by atoms with Crippen LogP contribution in [0.2, 0.25) is 0 Å². The number of hydrogen-bond donors (Lipinski definition) is 2. The fourth-order valence-electron chi connectivity index (χ4n) is 2.64. The molecule has 0 spiro atoms. The summed E-state index contributed by atoms with van der Waals surface area (Å²) in [7, 11) is 1.40. The molecule has 2 aromatic carbocycles. The van der Waals surface area contributed by atoms with E-state index < -0.39 is 24.0 Å². The molecular formula is C20H20N2O4S2. The Morgan fingerprint density at radius 3 is 2.25 bits per heavy atom. The van der Waals surface area contributed by atoms with Gasteiger partial charge in [-0.2, -0.15) is 0 Å². The van der Waals surface area contributed by atoms with Crippen molar-refractivity contribution >= 4 is 41.4 Å². The van der Waals surface area contributed by atoms with E-state index in [1.165, 1.54) is 7.05 Å². The van der Waals surface area contributed by atoms with Gasteiger partial charge in [0.2, 0.25) is 6.10 Å². The molecule has 1 saturated heterocycles. The van der Waals surface area contributed by atoms with Crippen molar-refractivity contribution in [2.24, 2.45) is 0 Å². The summed E-state index contributed by atoms with van der Waals surface area (Å²) in [6.07, 6.45) is -1.23. The van der Waals surface area contributed by atoms with E-state index >= 15 is 0 Å². The number of imide groups is 1. The minimum atomic E-state index is -1.23. The van der Waals surface area contributed by atoms with Crippen molar-refractivity contribution in [1.29, 1.82) is 0 Å². The largest absolute Gasteiger partial charge is 0.444 e. The van der Waals surface area contributed by atoms with Gasteiger partial charge < -0.3 is 10.1 Å². The molecule has 3 rings (SSSR count). The first-order valence-electron chi connectivity index (χ1n) is 8.70.